The van der Waals surface area contributed by atoms with Gasteiger partial charge in [-0.25, -0.2) is 4.99 Å². The van der Waals surface area contributed by atoms with Crippen molar-refractivity contribution in [1.82, 2.24) is 15.8 Å². The van der Waals surface area contributed by atoms with Gasteiger partial charge in [-0.1, -0.05) is 17.7 Å². The Hall–Kier alpha value is -2.82. The molecular weight excluding hydrogens is 252 g/mol. The first-order valence-electron chi connectivity index (χ1n) is 6.29. The highest BCUT2D eigenvalue weighted by Crippen LogP contribution is 2.16. The van der Waals surface area contributed by atoms with Gasteiger partial charge in [0.25, 0.3) is 5.91 Å². The molecule has 20 heavy (non-hydrogen) atoms. The second-order valence-electron chi connectivity index (χ2n) is 4.56. The maximum Gasteiger partial charge on any atom is 0.273 e. The van der Waals surface area contributed by atoms with E-state index in [4.69, 9.17) is 0 Å². The molecule has 0 atom stereocenters. The minimum absolute atomic E-state index is 0.189. The third-order valence-electron chi connectivity index (χ3n) is 2.99. The highest BCUT2D eigenvalue weighted by Gasteiger charge is 2.23. The number of nitrogens with one attached hydrogen (secondary N) is 3. The van der Waals surface area contributed by atoms with E-state index < -0.39 is 0 Å². The lowest BCUT2D eigenvalue weighted by molar-refractivity contribution is -0.116. The molecule has 3 rings (SSSR count). The number of aromatic amines is 1. The summed E-state index contributed by atoms with van der Waals surface area (Å²) in [5.41, 5.74) is 8.70. The number of H-pyrrole nitrogens is 1. The van der Waals surface area contributed by atoms with Gasteiger partial charge in [0.1, 0.15) is 0 Å². The number of hydrogen-bond donors (Lipinski definition) is 3. The van der Waals surface area contributed by atoms with Gasteiger partial charge in [0.15, 0.2) is 5.84 Å². The van der Waals surface area contributed by atoms with Crippen LogP contribution < -0.4 is 10.9 Å². The molecule has 2 aromatic rings. The maximum atomic E-state index is 11.8. The van der Waals surface area contributed by atoms with Gasteiger partial charge < -0.3 is 4.98 Å². The number of amides is 1. The highest BCUT2D eigenvalue weighted by molar-refractivity contribution is 6.27. The number of aromatic nitrogens is 1. The molecule has 0 bridgehead atoms. The largest absolute Gasteiger partial charge is 0.362 e. The van der Waals surface area contributed by atoms with E-state index in [1.165, 1.54) is 5.56 Å². The molecule has 1 aliphatic heterocycles. The summed E-state index contributed by atoms with van der Waals surface area (Å²) in [6.45, 7) is 2.02. The zero-order valence-electron chi connectivity index (χ0n) is 11.0. The van der Waals surface area contributed by atoms with Crippen molar-refractivity contribution < 1.29 is 4.79 Å². The average Bonchev–Trinajstić information content (AvgIpc) is 3.06. The van der Waals surface area contributed by atoms with Crippen molar-refractivity contribution in [1.29, 1.82) is 0 Å². The number of carbonyl (C=O) groups excluding carboxylic acids is 1. The van der Waals surface area contributed by atoms with Crippen molar-refractivity contribution >= 4 is 23.5 Å². The first-order valence-corrected chi connectivity index (χ1v) is 6.29. The topological polar surface area (TPSA) is 69.3 Å². The summed E-state index contributed by atoms with van der Waals surface area (Å²) < 4.78 is 0. The van der Waals surface area contributed by atoms with Crippen molar-refractivity contribution in [2.75, 3.05) is 0 Å². The lowest BCUT2D eigenvalue weighted by atomic mass is 10.2. The molecule has 0 radical (unpaired) electrons. The van der Waals surface area contributed by atoms with E-state index in [9.17, 15) is 4.79 Å². The molecule has 1 amide bonds. The standard InChI is InChI=1S/C15H14N4O/c1-10-4-6-11(7-5-10)17-14-13(15(20)19-18-14)9-12-3-2-8-16-12/h2-9,16H,1H3,(H,17,18)(H,19,20). The van der Waals surface area contributed by atoms with Crippen LogP contribution in [0.1, 0.15) is 11.3 Å². The Morgan fingerprint density at radius 1 is 1.10 bits per heavy atom. The van der Waals surface area contributed by atoms with Crippen LogP contribution in [-0.4, -0.2) is 16.7 Å². The Balaban J connectivity index is 1.95. The molecule has 0 unspecified atom stereocenters. The number of hydrazine groups is 1. The fourth-order valence-corrected chi connectivity index (χ4v) is 1.92. The van der Waals surface area contributed by atoms with Crippen molar-refractivity contribution in [3.63, 3.8) is 0 Å². The summed E-state index contributed by atoms with van der Waals surface area (Å²) in [6, 6.07) is 11.6. The second-order valence-corrected chi connectivity index (χ2v) is 4.56. The van der Waals surface area contributed by atoms with E-state index >= 15 is 0 Å². The number of nitrogens with zero attached hydrogens (tertiary/aromatic N) is 1. The van der Waals surface area contributed by atoms with Crippen LogP contribution >= 0.6 is 0 Å². The molecular formula is C15H14N4O. The van der Waals surface area contributed by atoms with Crippen LogP contribution in [0.4, 0.5) is 5.69 Å². The molecule has 5 nitrogen and oxygen atoms in total. The van der Waals surface area contributed by atoms with Crippen LogP contribution in [-0.2, 0) is 4.79 Å². The van der Waals surface area contributed by atoms with Gasteiger partial charge in [-0.3, -0.25) is 15.6 Å². The summed E-state index contributed by atoms with van der Waals surface area (Å²) in [5, 5.41) is 0. The lowest BCUT2D eigenvalue weighted by Crippen LogP contribution is -2.28. The predicted molar refractivity (Wildman–Crippen MR) is 78.3 cm³/mol. The molecule has 1 aliphatic rings. The first kappa shape index (κ1) is 12.2. The van der Waals surface area contributed by atoms with Crippen molar-refractivity contribution in [2.24, 2.45) is 4.99 Å². The summed E-state index contributed by atoms with van der Waals surface area (Å²) in [5.74, 6) is 0.332. The molecule has 0 saturated carbocycles. The number of rotatable bonds is 2. The van der Waals surface area contributed by atoms with Crippen LogP contribution in [0.15, 0.2) is 53.2 Å². The van der Waals surface area contributed by atoms with Crippen molar-refractivity contribution in [3.8, 4) is 0 Å². The van der Waals surface area contributed by atoms with Gasteiger partial charge in [-0.2, -0.15) is 0 Å². The van der Waals surface area contributed by atoms with E-state index in [0.717, 1.165) is 11.4 Å². The smallest absolute Gasteiger partial charge is 0.273 e. The minimum atomic E-state index is -0.189. The van der Waals surface area contributed by atoms with Gasteiger partial charge in [-0.15, -0.1) is 0 Å². The second kappa shape index (κ2) is 5.05. The first-order chi connectivity index (χ1) is 9.72. The van der Waals surface area contributed by atoms with Crippen LogP contribution in [0.3, 0.4) is 0 Å². The Kier molecular flexibility index (Phi) is 3.09. The van der Waals surface area contributed by atoms with E-state index in [2.05, 4.69) is 20.8 Å². The maximum absolute atomic E-state index is 11.8. The zero-order valence-corrected chi connectivity index (χ0v) is 11.0. The monoisotopic (exact) mass is 266 g/mol. The highest BCUT2D eigenvalue weighted by atomic mass is 16.2. The van der Waals surface area contributed by atoms with E-state index in [1.807, 2.05) is 49.5 Å². The normalized spacial score (nSPS) is 18.4. The van der Waals surface area contributed by atoms with E-state index in [0.29, 0.717) is 11.4 Å². The number of amidine groups is 1. The predicted octanol–water partition coefficient (Wildman–Crippen LogP) is 2.07. The molecule has 2 heterocycles. The van der Waals surface area contributed by atoms with Gasteiger partial charge in [0, 0.05) is 11.9 Å². The van der Waals surface area contributed by atoms with Crippen molar-refractivity contribution in [2.45, 2.75) is 6.92 Å². The zero-order chi connectivity index (χ0) is 13.9. The Morgan fingerprint density at radius 3 is 2.60 bits per heavy atom. The summed E-state index contributed by atoms with van der Waals surface area (Å²) in [7, 11) is 0. The minimum Gasteiger partial charge on any atom is -0.362 e. The van der Waals surface area contributed by atoms with Crippen molar-refractivity contribution in [3.05, 3.63) is 59.4 Å². The van der Waals surface area contributed by atoms with E-state index in [1.54, 1.807) is 6.08 Å². The number of aryl methyl sites for hydroxylation is 1. The molecule has 1 aromatic heterocycles. The fraction of sp³-hybridized carbons (Fsp3) is 0.0667. The summed E-state index contributed by atoms with van der Waals surface area (Å²) in [6.07, 6.45) is 3.58. The third kappa shape index (κ3) is 2.47. The van der Waals surface area contributed by atoms with Crippen LogP contribution in [0.2, 0.25) is 0 Å². The molecule has 5 heteroatoms. The van der Waals surface area contributed by atoms with E-state index in [-0.39, 0.29) is 5.91 Å². The molecule has 1 saturated heterocycles. The average molecular weight is 266 g/mol. The lowest BCUT2D eigenvalue weighted by Gasteiger charge is -1.99. The van der Waals surface area contributed by atoms with Crippen LogP contribution in [0, 0.1) is 6.92 Å². The van der Waals surface area contributed by atoms with Gasteiger partial charge in [0.05, 0.1) is 11.3 Å². The van der Waals surface area contributed by atoms with Crippen LogP contribution in [0.25, 0.3) is 6.08 Å². The number of carbonyl (C=O) groups is 1. The quantitative estimate of drug-likeness (QED) is 0.728. The van der Waals surface area contributed by atoms with Gasteiger partial charge in [0.2, 0.25) is 0 Å². The number of hydrogen-bond acceptors (Lipinski definition) is 2. The fourth-order valence-electron chi connectivity index (χ4n) is 1.92. The molecule has 0 spiro atoms. The molecule has 100 valence electrons. The Morgan fingerprint density at radius 2 is 1.90 bits per heavy atom. The molecule has 3 N–H and O–H groups in total. The SMILES string of the molecule is Cc1ccc(N=C2NNC(=O)C2=Cc2ccc[nH]2)cc1. The number of aliphatic imine (C=N–C) groups is 1. The molecule has 1 aromatic carbocycles. The van der Waals surface area contributed by atoms with Gasteiger partial charge in [-0.05, 0) is 37.3 Å². The van der Waals surface area contributed by atoms with Gasteiger partial charge >= 0.3 is 0 Å². The Labute approximate surface area is 116 Å². The molecule has 0 aliphatic carbocycles. The summed E-state index contributed by atoms with van der Waals surface area (Å²) >= 11 is 0. The number of benzene rings is 1. The van der Waals surface area contributed by atoms with Crippen LogP contribution in [0.5, 0.6) is 0 Å². The third-order valence-corrected chi connectivity index (χ3v) is 2.99. The Bertz CT molecular complexity index is 681. The summed E-state index contributed by atoms with van der Waals surface area (Å²) in [4.78, 5) is 19.3. The molecule has 1 fully saturated rings.